The Bertz CT molecular complexity index is 112. The molecule has 0 amide bonds. The number of rotatable bonds is 0. The molecule has 0 atom stereocenters. The lowest BCUT2D eigenvalue weighted by Crippen LogP contribution is -2.16. The monoisotopic (exact) mass is 128 g/mol. The lowest BCUT2D eigenvalue weighted by atomic mass is 11.0. The summed E-state index contributed by atoms with van der Waals surface area (Å²) in [5, 5.41) is 1.07. The van der Waals surface area contributed by atoms with Crippen molar-refractivity contribution in [1.29, 1.82) is 0 Å². The fraction of sp³-hybridized carbons (Fsp3) is 0.800. The smallest absolute Gasteiger partial charge is 0.171 e. The Morgan fingerprint density at radius 1 is 1.00 bits per heavy atom. The van der Waals surface area contributed by atoms with Gasteiger partial charge in [-0.25, -0.2) is 0 Å². The lowest BCUT2D eigenvalue weighted by Gasteiger charge is -2.03. The standard InChI is InChI=1S/C5H8N2S/c8-5(6-1-2-6)7-3-4-7/h1-4H2. The van der Waals surface area contributed by atoms with E-state index >= 15 is 0 Å². The summed E-state index contributed by atoms with van der Waals surface area (Å²) in [5.74, 6) is 0. The van der Waals surface area contributed by atoms with Crippen LogP contribution in [-0.2, 0) is 0 Å². The molecule has 2 aliphatic rings. The molecule has 3 heteroatoms. The van der Waals surface area contributed by atoms with E-state index in [-0.39, 0.29) is 0 Å². The molecule has 2 heterocycles. The maximum Gasteiger partial charge on any atom is 0.171 e. The van der Waals surface area contributed by atoms with Crippen LogP contribution < -0.4 is 0 Å². The Morgan fingerprint density at radius 2 is 1.38 bits per heavy atom. The molecule has 0 saturated carbocycles. The summed E-state index contributed by atoms with van der Waals surface area (Å²) >= 11 is 5.08. The number of thiocarbonyl (C=S) groups is 1. The van der Waals surface area contributed by atoms with Crippen molar-refractivity contribution in [1.82, 2.24) is 9.80 Å². The molecule has 0 aromatic carbocycles. The summed E-state index contributed by atoms with van der Waals surface area (Å²) in [6.45, 7) is 4.76. The molecule has 2 fully saturated rings. The maximum atomic E-state index is 5.08. The van der Waals surface area contributed by atoms with E-state index in [0.717, 1.165) is 5.11 Å². The summed E-state index contributed by atoms with van der Waals surface area (Å²) in [7, 11) is 0. The average molecular weight is 128 g/mol. The summed E-state index contributed by atoms with van der Waals surface area (Å²) in [4.78, 5) is 4.42. The van der Waals surface area contributed by atoms with Crippen molar-refractivity contribution in [3.8, 4) is 0 Å². The van der Waals surface area contributed by atoms with Crippen molar-refractivity contribution >= 4 is 17.3 Å². The van der Waals surface area contributed by atoms with Gasteiger partial charge in [-0.2, -0.15) is 0 Å². The second-order valence-corrected chi connectivity index (χ2v) is 2.62. The zero-order chi connectivity index (χ0) is 5.56. The van der Waals surface area contributed by atoms with Gasteiger partial charge >= 0.3 is 0 Å². The first-order valence-corrected chi connectivity index (χ1v) is 3.32. The van der Waals surface area contributed by atoms with E-state index < -0.39 is 0 Å². The van der Waals surface area contributed by atoms with Crippen LogP contribution in [0, 0.1) is 0 Å². The Kier molecular flexibility index (Phi) is 0.766. The van der Waals surface area contributed by atoms with Crippen LogP contribution in [0.15, 0.2) is 0 Å². The zero-order valence-electron chi connectivity index (χ0n) is 4.63. The van der Waals surface area contributed by atoms with E-state index in [1.165, 1.54) is 26.2 Å². The largest absolute Gasteiger partial charge is 0.346 e. The fourth-order valence-electron chi connectivity index (χ4n) is 0.683. The maximum absolute atomic E-state index is 5.08. The van der Waals surface area contributed by atoms with Gasteiger partial charge in [0.25, 0.3) is 0 Å². The summed E-state index contributed by atoms with van der Waals surface area (Å²) in [6, 6.07) is 0. The van der Waals surface area contributed by atoms with Gasteiger partial charge in [-0.15, -0.1) is 0 Å². The van der Waals surface area contributed by atoms with E-state index in [4.69, 9.17) is 12.2 Å². The van der Waals surface area contributed by atoms with Crippen molar-refractivity contribution in [3.63, 3.8) is 0 Å². The van der Waals surface area contributed by atoms with Gasteiger partial charge in [-0.1, -0.05) is 0 Å². The van der Waals surface area contributed by atoms with Gasteiger partial charge in [-0.05, 0) is 12.2 Å². The molecular weight excluding hydrogens is 120 g/mol. The minimum Gasteiger partial charge on any atom is -0.346 e. The molecule has 0 unspecified atom stereocenters. The first-order valence-electron chi connectivity index (χ1n) is 2.92. The van der Waals surface area contributed by atoms with Crippen molar-refractivity contribution < 1.29 is 0 Å². The van der Waals surface area contributed by atoms with Crippen LogP contribution in [0.3, 0.4) is 0 Å². The van der Waals surface area contributed by atoms with Crippen LogP contribution >= 0.6 is 12.2 Å². The molecule has 2 nitrogen and oxygen atoms in total. The summed E-state index contributed by atoms with van der Waals surface area (Å²) in [5.41, 5.74) is 0. The van der Waals surface area contributed by atoms with Gasteiger partial charge in [-0.3, -0.25) is 0 Å². The highest BCUT2D eigenvalue weighted by Gasteiger charge is 2.30. The molecule has 2 rings (SSSR count). The lowest BCUT2D eigenvalue weighted by molar-refractivity contribution is 0.709. The topological polar surface area (TPSA) is 6.02 Å². The molecule has 0 spiro atoms. The Hall–Kier alpha value is -0.310. The van der Waals surface area contributed by atoms with E-state index in [1.807, 2.05) is 0 Å². The minimum absolute atomic E-state index is 1.07. The molecule has 8 heavy (non-hydrogen) atoms. The van der Waals surface area contributed by atoms with Gasteiger partial charge < -0.3 is 9.80 Å². The van der Waals surface area contributed by atoms with Crippen LogP contribution in [0.2, 0.25) is 0 Å². The van der Waals surface area contributed by atoms with Crippen LogP contribution in [-0.4, -0.2) is 41.1 Å². The van der Waals surface area contributed by atoms with Crippen LogP contribution in [0.4, 0.5) is 0 Å². The normalized spacial score (nSPS) is 23.5. The van der Waals surface area contributed by atoms with Crippen molar-refractivity contribution in [3.05, 3.63) is 0 Å². The molecule has 0 bridgehead atoms. The molecule has 0 N–H and O–H groups in total. The summed E-state index contributed by atoms with van der Waals surface area (Å²) in [6.07, 6.45) is 0. The SMILES string of the molecule is S=C(N1CC1)N1CC1. The molecule has 0 aliphatic carbocycles. The molecule has 2 saturated heterocycles. The van der Waals surface area contributed by atoms with Crippen LogP contribution in [0.5, 0.6) is 0 Å². The third kappa shape index (κ3) is 0.668. The highest BCUT2D eigenvalue weighted by atomic mass is 32.1. The van der Waals surface area contributed by atoms with Crippen molar-refractivity contribution in [2.45, 2.75) is 0 Å². The Balaban J connectivity index is 1.93. The average Bonchev–Trinajstić information content (AvgIpc) is 2.63. The first-order chi connectivity index (χ1) is 3.88. The van der Waals surface area contributed by atoms with E-state index in [1.54, 1.807) is 0 Å². The van der Waals surface area contributed by atoms with Gasteiger partial charge in [0.05, 0.1) is 0 Å². The number of hydrogen-bond acceptors (Lipinski definition) is 1. The summed E-state index contributed by atoms with van der Waals surface area (Å²) < 4.78 is 0. The first kappa shape index (κ1) is 4.56. The predicted molar refractivity (Wildman–Crippen MR) is 35.7 cm³/mol. The quantitative estimate of drug-likeness (QED) is 0.332. The zero-order valence-corrected chi connectivity index (χ0v) is 5.45. The Labute approximate surface area is 54.1 Å². The minimum atomic E-state index is 1.07. The Morgan fingerprint density at radius 3 is 1.62 bits per heavy atom. The predicted octanol–water partition coefficient (Wildman–Crippen LogP) is -0.0975. The van der Waals surface area contributed by atoms with Crippen LogP contribution in [0.25, 0.3) is 0 Å². The molecular formula is C5H8N2S. The third-order valence-electron chi connectivity index (χ3n) is 1.44. The van der Waals surface area contributed by atoms with Gasteiger partial charge in [0, 0.05) is 26.2 Å². The van der Waals surface area contributed by atoms with Gasteiger partial charge in [0.15, 0.2) is 5.11 Å². The molecule has 2 aliphatic heterocycles. The molecule has 0 aromatic heterocycles. The van der Waals surface area contributed by atoms with E-state index in [9.17, 15) is 0 Å². The second-order valence-electron chi connectivity index (χ2n) is 2.26. The fourth-order valence-corrected chi connectivity index (χ4v) is 1.05. The van der Waals surface area contributed by atoms with Crippen LogP contribution in [0.1, 0.15) is 0 Å². The van der Waals surface area contributed by atoms with E-state index in [2.05, 4.69) is 9.80 Å². The highest BCUT2D eigenvalue weighted by molar-refractivity contribution is 7.80. The number of hydrogen-bond donors (Lipinski definition) is 0. The second kappa shape index (κ2) is 1.35. The third-order valence-corrected chi connectivity index (χ3v) is 1.95. The molecule has 44 valence electrons. The highest BCUT2D eigenvalue weighted by Crippen LogP contribution is 2.14. The number of nitrogens with zero attached hydrogens (tertiary/aromatic N) is 2. The van der Waals surface area contributed by atoms with E-state index in [0.29, 0.717) is 0 Å². The molecule has 0 radical (unpaired) electrons. The molecule has 0 aromatic rings. The van der Waals surface area contributed by atoms with Crippen molar-refractivity contribution in [2.75, 3.05) is 26.2 Å². The van der Waals surface area contributed by atoms with Gasteiger partial charge in [0.2, 0.25) is 0 Å². The van der Waals surface area contributed by atoms with Gasteiger partial charge in [0.1, 0.15) is 0 Å². The van der Waals surface area contributed by atoms with Crippen molar-refractivity contribution in [2.24, 2.45) is 0 Å².